The van der Waals surface area contributed by atoms with E-state index in [4.69, 9.17) is 9.84 Å². The van der Waals surface area contributed by atoms with Gasteiger partial charge in [0.05, 0.1) is 13.5 Å². The van der Waals surface area contributed by atoms with E-state index in [1.807, 2.05) is 6.92 Å². The van der Waals surface area contributed by atoms with Crippen LogP contribution in [-0.2, 0) is 4.79 Å². The van der Waals surface area contributed by atoms with Crippen LogP contribution in [0.1, 0.15) is 24.8 Å². The van der Waals surface area contributed by atoms with Crippen molar-refractivity contribution in [3.05, 3.63) is 24.0 Å². The van der Waals surface area contributed by atoms with Crippen molar-refractivity contribution in [3.8, 4) is 5.75 Å². The van der Waals surface area contributed by atoms with Crippen molar-refractivity contribution in [1.29, 1.82) is 0 Å². The lowest BCUT2D eigenvalue weighted by molar-refractivity contribution is -0.137. The number of carboxylic acid groups (broad SMARTS) is 1. The van der Waals surface area contributed by atoms with Crippen molar-refractivity contribution < 1.29 is 14.6 Å². The van der Waals surface area contributed by atoms with Gasteiger partial charge in [0.15, 0.2) is 0 Å². The van der Waals surface area contributed by atoms with Crippen molar-refractivity contribution in [2.24, 2.45) is 0 Å². The maximum atomic E-state index is 10.5. The van der Waals surface area contributed by atoms with E-state index in [1.165, 1.54) is 0 Å². The van der Waals surface area contributed by atoms with E-state index in [1.54, 1.807) is 25.6 Å². The number of ether oxygens (including phenoxy) is 1. The standard InChI is InChI=1S/C10H13NO3/c1-7(5-10(12)13)8-6-11-4-3-9(8)14-2/h3-4,6-7H,5H2,1-2H3,(H,12,13). The third kappa shape index (κ3) is 2.45. The zero-order valence-electron chi connectivity index (χ0n) is 8.23. The third-order valence-electron chi connectivity index (χ3n) is 2.04. The molecule has 4 heteroatoms. The van der Waals surface area contributed by atoms with Crippen LogP contribution in [0.4, 0.5) is 0 Å². The zero-order chi connectivity index (χ0) is 10.6. The molecule has 14 heavy (non-hydrogen) atoms. The first-order chi connectivity index (χ1) is 6.65. The number of rotatable bonds is 4. The Morgan fingerprint density at radius 1 is 1.71 bits per heavy atom. The zero-order valence-corrected chi connectivity index (χ0v) is 8.23. The van der Waals surface area contributed by atoms with E-state index in [9.17, 15) is 4.79 Å². The van der Waals surface area contributed by atoms with Crippen LogP contribution in [0.5, 0.6) is 5.75 Å². The second-order valence-corrected chi connectivity index (χ2v) is 3.12. The Hall–Kier alpha value is -1.58. The monoisotopic (exact) mass is 195 g/mol. The number of hydrogen-bond acceptors (Lipinski definition) is 3. The van der Waals surface area contributed by atoms with E-state index >= 15 is 0 Å². The quantitative estimate of drug-likeness (QED) is 0.793. The van der Waals surface area contributed by atoms with Gasteiger partial charge in [-0.05, 0) is 12.0 Å². The fourth-order valence-corrected chi connectivity index (χ4v) is 1.32. The summed E-state index contributed by atoms with van der Waals surface area (Å²) >= 11 is 0. The number of hydrogen-bond donors (Lipinski definition) is 1. The lowest BCUT2D eigenvalue weighted by Gasteiger charge is -2.12. The smallest absolute Gasteiger partial charge is 0.303 e. The molecule has 1 heterocycles. The molecule has 0 bridgehead atoms. The summed E-state index contributed by atoms with van der Waals surface area (Å²) < 4.78 is 5.12. The van der Waals surface area contributed by atoms with Crippen molar-refractivity contribution in [1.82, 2.24) is 4.98 Å². The van der Waals surface area contributed by atoms with E-state index in [2.05, 4.69) is 4.98 Å². The molecule has 1 rings (SSSR count). The second-order valence-electron chi connectivity index (χ2n) is 3.12. The van der Waals surface area contributed by atoms with E-state index < -0.39 is 5.97 Å². The molecule has 0 spiro atoms. The molecule has 1 aromatic heterocycles. The largest absolute Gasteiger partial charge is 0.496 e. The predicted molar refractivity (Wildman–Crippen MR) is 51.5 cm³/mol. The fraction of sp³-hybridized carbons (Fsp3) is 0.400. The average molecular weight is 195 g/mol. The highest BCUT2D eigenvalue weighted by molar-refractivity contribution is 5.68. The molecule has 1 atom stereocenters. The molecule has 0 amide bonds. The van der Waals surface area contributed by atoms with Crippen LogP contribution in [0.15, 0.2) is 18.5 Å². The summed E-state index contributed by atoms with van der Waals surface area (Å²) in [5, 5.41) is 8.65. The average Bonchev–Trinajstić information content (AvgIpc) is 2.16. The molecule has 0 aliphatic heterocycles. The lowest BCUT2D eigenvalue weighted by Crippen LogP contribution is -2.04. The van der Waals surface area contributed by atoms with Crippen LogP contribution >= 0.6 is 0 Å². The van der Waals surface area contributed by atoms with Gasteiger partial charge in [0.25, 0.3) is 0 Å². The van der Waals surface area contributed by atoms with Gasteiger partial charge in [-0.15, -0.1) is 0 Å². The number of aliphatic carboxylic acids is 1. The van der Waals surface area contributed by atoms with Crippen LogP contribution in [0.25, 0.3) is 0 Å². The minimum atomic E-state index is -0.816. The number of carboxylic acids is 1. The van der Waals surface area contributed by atoms with Crippen molar-refractivity contribution in [2.75, 3.05) is 7.11 Å². The molecule has 0 aromatic carbocycles. The number of nitrogens with zero attached hydrogens (tertiary/aromatic N) is 1. The van der Waals surface area contributed by atoms with Gasteiger partial charge < -0.3 is 9.84 Å². The molecule has 1 aromatic rings. The lowest BCUT2D eigenvalue weighted by atomic mass is 9.99. The molecule has 0 aliphatic carbocycles. The van der Waals surface area contributed by atoms with Gasteiger partial charge in [0.2, 0.25) is 0 Å². The van der Waals surface area contributed by atoms with Crippen molar-refractivity contribution in [2.45, 2.75) is 19.3 Å². The first kappa shape index (κ1) is 10.5. The molecule has 76 valence electrons. The summed E-state index contributed by atoms with van der Waals surface area (Å²) in [6.45, 7) is 1.84. The fourth-order valence-electron chi connectivity index (χ4n) is 1.32. The van der Waals surface area contributed by atoms with Gasteiger partial charge in [-0.2, -0.15) is 0 Å². The molecule has 0 radical (unpaired) electrons. The third-order valence-corrected chi connectivity index (χ3v) is 2.04. The SMILES string of the molecule is COc1ccncc1C(C)CC(=O)O. The van der Waals surface area contributed by atoms with Crippen LogP contribution in [0.2, 0.25) is 0 Å². The maximum Gasteiger partial charge on any atom is 0.303 e. The molecule has 1 unspecified atom stereocenters. The summed E-state index contributed by atoms with van der Waals surface area (Å²) in [4.78, 5) is 14.5. The Kier molecular flexibility index (Phi) is 3.45. The van der Waals surface area contributed by atoms with Gasteiger partial charge >= 0.3 is 5.97 Å². The first-order valence-corrected chi connectivity index (χ1v) is 4.35. The molecule has 0 aliphatic rings. The highest BCUT2D eigenvalue weighted by atomic mass is 16.5. The Morgan fingerprint density at radius 2 is 2.43 bits per heavy atom. The minimum Gasteiger partial charge on any atom is -0.496 e. The normalized spacial score (nSPS) is 12.1. The van der Waals surface area contributed by atoms with E-state index in [-0.39, 0.29) is 12.3 Å². The first-order valence-electron chi connectivity index (χ1n) is 4.35. The molecular weight excluding hydrogens is 182 g/mol. The summed E-state index contributed by atoms with van der Waals surface area (Å²) in [5.41, 5.74) is 0.831. The molecule has 1 N–H and O–H groups in total. The minimum absolute atomic E-state index is 0.0854. The van der Waals surface area contributed by atoms with E-state index in [0.717, 1.165) is 5.56 Å². The Bertz CT molecular complexity index is 325. The Labute approximate surface area is 82.5 Å². The molecule has 4 nitrogen and oxygen atoms in total. The van der Waals surface area contributed by atoms with Gasteiger partial charge in [-0.25, -0.2) is 0 Å². The van der Waals surface area contributed by atoms with E-state index in [0.29, 0.717) is 5.75 Å². The predicted octanol–water partition coefficient (Wildman–Crippen LogP) is 1.67. The van der Waals surface area contributed by atoms with Gasteiger partial charge in [-0.3, -0.25) is 9.78 Å². The Morgan fingerprint density at radius 3 is 3.00 bits per heavy atom. The molecule has 0 fully saturated rings. The summed E-state index contributed by atoms with van der Waals surface area (Å²) in [5.74, 6) is -0.215. The van der Waals surface area contributed by atoms with Gasteiger partial charge in [0, 0.05) is 18.0 Å². The molecule has 0 saturated carbocycles. The number of carbonyl (C=O) groups is 1. The van der Waals surface area contributed by atoms with Crippen LogP contribution in [-0.4, -0.2) is 23.2 Å². The van der Waals surface area contributed by atoms with Gasteiger partial charge in [0.1, 0.15) is 5.75 Å². The number of methoxy groups -OCH3 is 1. The summed E-state index contributed by atoms with van der Waals surface area (Å²) in [7, 11) is 1.56. The topological polar surface area (TPSA) is 59.4 Å². The number of aromatic nitrogens is 1. The van der Waals surface area contributed by atoms with Crippen LogP contribution in [0, 0.1) is 0 Å². The number of pyridine rings is 1. The highest BCUT2D eigenvalue weighted by Crippen LogP contribution is 2.27. The Balaban J connectivity index is 2.87. The second kappa shape index (κ2) is 4.60. The van der Waals surface area contributed by atoms with Crippen LogP contribution in [0.3, 0.4) is 0 Å². The summed E-state index contributed by atoms with van der Waals surface area (Å²) in [6.07, 6.45) is 3.35. The van der Waals surface area contributed by atoms with Crippen molar-refractivity contribution >= 4 is 5.97 Å². The highest BCUT2D eigenvalue weighted by Gasteiger charge is 2.14. The van der Waals surface area contributed by atoms with Gasteiger partial charge in [-0.1, -0.05) is 6.92 Å². The molecule has 0 saturated heterocycles. The van der Waals surface area contributed by atoms with Crippen LogP contribution < -0.4 is 4.74 Å². The summed E-state index contributed by atoms with van der Waals surface area (Å²) in [6, 6.07) is 1.73. The maximum absolute atomic E-state index is 10.5. The van der Waals surface area contributed by atoms with Crippen molar-refractivity contribution in [3.63, 3.8) is 0 Å². The molecular formula is C10H13NO3.